The number of amides is 1. The number of hydrogen-bond donors (Lipinski definition) is 2. The van der Waals surface area contributed by atoms with E-state index in [1.54, 1.807) is 12.4 Å². The molecule has 98 valence electrons. The largest absolute Gasteiger partial charge is 0.350 e. The second-order valence-electron chi connectivity index (χ2n) is 4.74. The van der Waals surface area contributed by atoms with E-state index >= 15 is 0 Å². The van der Waals surface area contributed by atoms with Gasteiger partial charge in [-0.2, -0.15) is 0 Å². The highest BCUT2D eigenvalue weighted by molar-refractivity contribution is 5.78. The molecule has 1 aromatic heterocycles. The summed E-state index contributed by atoms with van der Waals surface area (Å²) in [5.41, 5.74) is 1.70. The molecule has 1 saturated heterocycles. The molecule has 1 aromatic rings. The van der Waals surface area contributed by atoms with Gasteiger partial charge in [-0.25, -0.2) is 0 Å². The Balaban J connectivity index is 1.81. The molecule has 18 heavy (non-hydrogen) atoms. The molecule has 1 aliphatic heterocycles. The third-order valence-corrected chi connectivity index (χ3v) is 3.22. The molecule has 0 aromatic carbocycles. The van der Waals surface area contributed by atoms with Crippen LogP contribution in [-0.2, 0) is 11.3 Å². The molecule has 1 aliphatic rings. The van der Waals surface area contributed by atoms with Gasteiger partial charge in [0, 0.05) is 12.1 Å². The van der Waals surface area contributed by atoms with Crippen LogP contribution in [-0.4, -0.2) is 29.0 Å². The normalized spacial score (nSPS) is 20.2. The molecular weight excluding hydrogens is 228 g/mol. The minimum Gasteiger partial charge on any atom is -0.350 e. The van der Waals surface area contributed by atoms with Crippen molar-refractivity contribution in [3.63, 3.8) is 0 Å². The van der Waals surface area contributed by atoms with Crippen molar-refractivity contribution >= 4 is 5.91 Å². The highest BCUT2D eigenvalue weighted by Gasteiger charge is 2.19. The Morgan fingerprint density at radius 2 is 2.28 bits per heavy atom. The van der Waals surface area contributed by atoms with Gasteiger partial charge < -0.3 is 10.6 Å². The zero-order valence-corrected chi connectivity index (χ0v) is 10.8. The van der Waals surface area contributed by atoms with Gasteiger partial charge in [0.1, 0.15) is 0 Å². The highest BCUT2D eigenvalue weighted by Crippen LogP contribution is 2.13. The van der Waals surface area contributed by atoms with E-state index in [1.165, 1.54) is 0 Å². The van der Waals surface area contributed by atoms with Gasteiger partial charge in [0.25, 0.3) is 0 Å². The van der Waals surface area contributed by atoms with Crippen LogP contribution in [0.2, 0.25) is 0 Å². The van der Waals surface area contributed by atoms with Gasteiger partial charge in [-0.1, -0.05) is 0 Å². The van der Waals surface area contributed by atoms with Crippen molar-refractivity contribution in [2.45, 2.75) is 32.7 Å². The topological polar surface area (TPSA) is 66.9 Å². The van der Waals surface area contributed by atoms with E-state index in [4.69, 9.17) is 0 Å². The average molecular weight is 248 g/mol. The SMILES string of the molecule is Cc1cnc(CNC(=O)C2CCCNCC2)cn1. The summed E-state index contributed by atoms with van der Waals surface area (Å²) in [5.74, 6) is 0.277. The summed E-state index contributed by atoms with van der Waals surface area (Å²) in [7, 11) is 0. The summed E-state index contributed by atoms with van der Waals surface area (Å²) in [6.45, 7) is 4.32. The predicted molar refractivity (Wildman–Crippen MR) is 68.8 cm³/mol. The smallest absolute Gasteiger partial charge is 0.223 e. The van der Waals surface area contributed by atoms with Crippen molar-refractivity contribution in [1.29, 1.82) is 0 Å². The van der Waals surface area contributed by atoms with Crippen LogP contribution in [0.1, 0.15) is 30.7 Å². The van der Waals surface area contributed by atoms with Crippen molar-refractivity contribution in [3.8, 4) is 0 Å². The first-order valence-corrected chi connectivity index (χ1v) is 6.51. The zero-order chi connectivity index (χ0) is 12.8. The second kappa shape index (κ2) is 6.44. The van der Waals surface area contributed by atoms with Crippen LogP contribution in [0.5, 0.6) is 0 Å². The highest BCUT2D eigenvalue weighted by atomic mass is 16.1. The summed E-state index contributed by atoms with van der Waals surface area (Å²) in [4.78, 5) is 20.4. The number of aryl methyl sites for hydroxylation is 1. The maximum absolute atomic E-state index is 12.0. The van der Waals surface area contributed by atoms with Gasteiger partial charge in [-0.3, -0.25) is 14.8 Å². The molecular formula is C13H20N4O. The van der Waals surface area contributed by atoms with Gasteiger partial charge >= 0.3 is 0 Å². The van der Waals surface area contributed by atoms with Crippen molar-refractivity contribution < 1.29 is 4.79 Å². The number of carbonyl (C=O) groups is 1. The van der Waals surface area contributed by atoms with Crippen LogP contribution in [0.25, 0.3) is 0 Å². The molecule has 0 saturated carbocycles. The Bertz CT molecular complexity index is 382. The Hall–Kier alpha value is -1.49. The number of nitrogens with zero attached hydrogens (tertiary/aromatic N) is 2. The number of rotatable bonds is 3. The van der Waals surface area contributed by atoms with Crippen molar-refractivity contribution in [3.05, 3.63) is 23.8 Å². The van der Waals surface area contributed by atoms with E-state index in [-0.39, 0.29) is 11.8 Å². The van der Waals surface area contributed by atoms with E-state index in [2.05, 4.69) is 20.6 Å². The maximum atomic E-state index is 12.0. The van der Waals surface area contributed by atoms with Crippen LogP contribution in [0.4, 0.5) is 0 Å². The van der Waals surface area contributed by atoms with E-state index < -0.39 is 0 Å². The van der Waals surface area contributed by atoms with E-state index in [0.29, 0.717) is 6.54 Å². The summed E-state index contributed by atoms with van der Waals surface area (Å²) < 4.78 is 0. The monoisotopic (exact) mass is 248 g/mol. The van der Waals surface area contributed by atoms with Crippen LogP contribution >= 0.6 is 0 Å². The van der Waals surface area contributed by atoms with Crippen LogP contribution < -0.4 is 10.6 Å². The lowest BCUT2D eigenvalue weighted by atomic mass is 10.00. The molecule has 1 unspecified atom stereocenters. The first-order valence-electron chi connectivity index (χ1n) is 6.51. The lowest BCUT2D eigenvalue weighted by Crippen LogP contribution is -2.31. The molecule has 2 rings (SSSR count). The number of hydrogen-bond acceptors (Lipinski definition) is 4. The van der Waals surface area contributed by atoms with Gasteiger partial charge in [-0.05, 0) is 39.3 Å². The van der Waals surface area contributed by atoms with Crippen molar-refractivity contribution in [2.24, 2.45) is 5.92 Å². The Labute approximate surface area is 107 Å². The Morgan fingerprint density at radius 1 is 1.39 bits per heavy atom. The molecule has 5 heteroatoms. The molecule has 0 bridgehead atoms. The lowest BCUT2D eigenvalue weighted by Gasteiger charge is -2.13. The number of nitrogens with one attached hydrogen (secondary N) is 2. The quantitative estimate of drug-likeness (QED) is 0.830. The fourth-order valence-electron chi connectivity index (χ4n) is 2.11. The first kappa shape index (κ1) is 13.0. The predicted octanol–water partition coefficient (Wildman–Crippen LogP) is 0.791. The summed E-state index contributed by atoms with van der Waals surface area (Å²) in [5, 5.41) is 6.26. The third kappa shape index (κ3) is 3.77. The number of carbonyl (C=O) groups excluding carboxylic acids is 1. The second-order valence-corrected chi connectivity index (χ2v) is 4.74. The summed E-state index contributed by atoms with van der Waals surface area (Å²) >= 11 is 0. The molecule has 1 fully saturated rings. The van der Waals surface area contributed by atoms with Crippen molar-refractivity contribution in [2.75, 3.05) is 13.1 Å². The Kier molecular flexibility index (Phi) is 4.64. The Morgan fingerprint density at radius 3 is 3.06 bits per heavy atom. The van der Waals surface area contributed by atoms with Gasteiger partial charge in [0.15, 0.2) is 0 Å². The molecule has 0 radical (unpaired) electrons. The molecule has 5 nitrogen and oxygen atoms in total. The molecule has 1 atom stereocenters. The van der Waals surface area contributed by atoms with Crippen LogP contribution in [0.15, 0.2) is 12.4 Å². The van der Waals surface area contributed by atoms with E-state index in [9.17, 15) is 4.79 Å². The van der Waals surface area contributed by atoms with Crippen LogP contribution in [0.3, 0.4) is 0 Å². The average Bonchev–Trinajstić information content (AvgIpc) is 2.66. The fourth-order valence-corrected chi connectivity index (χ4v) is 2.11. The van der Waals surface area contributed by atoms with Gasteiger partial charge in [0.05, 0.1) is 24.1 Å². The molecule has 0 spiro atoms. The fraction of sp³-hybridized carbons (Fsp3) is 0.615. The van der Waals surface area contributed by atoms with E-state index in [0.717, 1.165) is 43.7 Å². The molecule has 2 N–H and O–H groups in total. The molecule has 2 heterocycles. The minimum absolute atomic E-state index is 0.137. The van der Waals surface area contributed by atoms with Crippen LogP contribution in [0, 0.1) is 12.8 Å². The third-order valence-electron chi connectivity index (χ3n) is 3.22. The standard InChI is InChI=1S/C13H20N4O/c1-10-7-16-12(8-15-10)9-17-13(18)11-3-2-5-14-6-4-11/h7-8,11,14H,2-6,9H2,1H3,(H,17,18). The molecule has 1 amide bonds. The first-order chi connectivity index (χ1) is 8.75. The molecule has 0 aliphatic carbocycles. The van der Waals surface area contributed by atoms with Crippen molar-refractivity contribution in [1.82, 2.24) is 20.6 Å². The minimum atomic E-state index is 0.137. The van der Waals surface area contributed by atoms with E-state index in [1.807, 2.05) is 6.92 Å². The summed E-state index contributed by atoms with van der Waals surface area (Å²) in [6, 6.07) is 0. The summed E-state index contributed by atoms with van der Waals surface area (Å²) in [6.07, 6.45) is 6.40. The van der Waals surface area contributed by atoms with Gasteiger partial charge in [0.2, 0.25) is 5.91 Å². The zero-order valence-electron chi connectivity index (χ0n) is 10.8. The lowest BCUT2D eigenvalue weighted by molar-refractivity contribution is -0.125. The van der Waals surface area contributed by atoms with Gasteiger partial charge in [-0.15, -0.1) is 0 Å². The number of aromatic nitrogens is 2. The maximum Gasteiger partial charge on any atom is 0.223 e.